The third kappa shape index (κ3) is 1.44. The Balaban J connectivity index is 3.60. The Hall–Kier alpha value is -1.65. The fourth-order valence-electron chi connectivity index (χ4n) is 0.767. The lowest BCUT2D eigenvalue weighted by Crippen LogP contribution is -1.93. The highest BCUT2D eigenvalue weighted by atomic mass is 35.5. The minimum absolute atomic E-state index is 0.442. The first-order valence-electron chi connectivity index (χ1n) is 3.09. The minimum Gasteiger partial charge on any atom is -0.204 e. The molecule has 0 radical (unpaired) electrons. The Morgan fingerprint density at radius 1 is 1.08 bits per heavy atom. The van der Waals surface area contributed by atoms with Crippen LogP contribution < -0.4 is 0 Å². The van der Waals surface area contributed by atoms with Gasteiger partial charge in [-0.25, -0.2) is 8.78 Å². The maximum Gasteiger partial charge on any atom is 0.162 e. The standard InChI is InChI=1S/C8HClF2N2/c9-6-7(10)4(2-12)1-5(3-13)8(6)11/h1H. The molecule has 0 aromatic heterocycles. The van der Waals surface area contributed by atoms with Crippen LogP contribution >= 0.6 is 11.6 Å². The lowest BCUT2D eigenvalue weighted by atomic mass is 10.1. The summed E-state index contributed by atoms with van der Waals surface area (Å²) in [6.07, 6.45) is 0. The van der Waals surface area contributed by atoms with Crippen molar-refractivity contribution < 1.29 is 8.78 Å². The third-order valence-electron chi connectivity index (χ3n) is 1.39. The molecule has 13 heavy (non-hydrogen) atoms. The molecular formula is C8HClF2N2. The van der Waals surface area contributed by atoms with Crippen molar-refractivity contribution in [3.63, 3.8) is 0 Å². The summed E-state index contributed by atoms with van der Waals surface area (Å²) in [6.45, 7) is 0. The van der Waals surface area contributed by atoms with Gasteiger partial charge >= 0.3 is 0 Å². The van der Waals surface area contributed by atoms with Gasteiger partial charge < -0.3 is 0 Å². The summed E-state index contributed by atoms with van der Waals surface area (Å²) in [6, 6.07) is 3.74. The molecule has 0 aliphatic rings. The van der Waals surface area contributed by atoms with Gasteiger partial charge in [-0.3, -0.25) is 0 Å². The van der Waals surface area contributed by atoms with Crippen molar-refractivity contribution in [1.82, 2.24) is 0 Å². The van der Waals surface area contributed by atoms with Crippen molar-refractivity contribution in [3.8, 4) is 12.1 Å². The predicted molar refractivity (Wildman–Crippen MR) is 40.8 cm³/mol. The van der Waals surface area contributed by atoms with Crippen LogP contribution in [-0.2, 0) is 0 Å². The molecule has 0 unspecified atom stereocenters. The fraction of sp³-hybridized carbons (Fsp3) is 0. The second-order valence-electron chi connectivity index (χ2n) is 2.14. The van der Waals surface area contributed by atoms with E-state index in [0.717, 1.165) is 6.07 Å². The Morgan fingerprint density at radius 3 is 1.77 bits per heavy atom. The van der Waals surface area contributed by atoms with Crippen LogP contribution in [0.25, 0.3) is 0 Å². The van der Waals surface area contributed by atoms with Crippen molar-refractivity contribution in [1.29, 1.82) is 10.5 Å². The highest BCUT2D eigenvalue weighted by molar-refractivity contribution is 6.31. The number of hydrogen-bond acceptors (Lipinski definition) is 2. The largest absolute Gasteiger partial charge is 0.204 e. The van der Waals surface area contributed by atoms with E-state index in [2.05, 4.69) is 0 Å². The molecule has 64 valence electrons. The number of nitriles is 2. The van der Waals surface area contributed by atoms with Crippen molar-refractivity contribution >= 4 is 11.6 Å². The Bertz CT molecular complexity index is 405. The SMILES string of the molecule is N#Cc1cc(C#N)c(F)c(Cl)c1F. The van der Waals surface area contributed by atoms with Crippen LogP contribution in [-0.4, -0.2) is 0 Å². The van der Waals surface area contributed by atoms with Crippen LogP contribution in [0, 0.1) is 34.3 Å². The van der Waals surface area contributed by atoms with E-state index < -0.39 is 27.8 Å². The minimum atomic E-state index is -1.14. The monoisotopic (exact) mass is 198 g/mol. The molecule has 0 spiro atoms. The second kappa shape index (κ2) is 3.38. The molecule has 0 aliphatic carbocycles. The average Bonchev–Trinajstić information content (AvgIpc) is 2.15. The summed E-state index contributed by atoms with van der Waals surface area (Å²) in [7, 11) is 0. The van der Waals surface area contributed by atoms with Gasteiger partial charge in [0.15, 0.2) is 11.6 Å². The van der Waals surface area contributed by atoms with Crippen LogP contribution in [0.2, 0.25) is 5.02 Å². The molecule has 0 fully saturated rings. The summed E-state index contributed by atoms with van der Waals surface area (Å²) in [5.74, 6) is -2.28. The number of rotatable bonds is 0. The quantitative estimate of drug-likeness (QED) is 0.601. The molecule has 1 aromatic rings. The summed E-state index contributed by atoms with van der Waals surface area (Å²) in [5.41, 5.74) is -0.883. The van der Waals surface area contributed by atoms with Crippen LogP contribution in [0.1, 0.15) is 11.1 Å². The van der Waals surface area contributed by atoms with E-state index in [1.807, 2.05) is 0 Å². The van der Waals surface area contributed by atoms with Gasteiger partial charge in [0.2, 0.25) is 0 Å². The molecule has 0 amide bonds. The number of benzene rings is 1. The Morgan fingerprint density at radius 2 is 1.46 bits per heavy atom. The summed E-state index contributed by atoms with van der Waals surface area (Å²) < 4.78 is 25.8. The normalized spacial score (nSPS) is 9.00. The second-order valence-corrected chi connectivity index (χ2v) is 2.52. The molecule has 0 N–H and O–H groups in total. The molecule has 0 saturated heterocycles. The van der Waals surface area contributed by atoms with E-state index >= 15 is 0 Å². The Kier molecular flexibility index (Phi) is 2.46. The van der Waals surface area contributed by atoms with Gasteiger partial charge in [-0.2, -0.15) is 10.5 Å². The van der Waals surface area contributed by atoms with Gasteiger partial charge in [0.25, 0.3) is 0 Å². The summed E-state index contributed by atoms with van der Waals surface area (Å²) in [4.78, 5) is 0. The lowest BCUT2D eigenvalue weighted by molar-refractivity contribution is 0.579. The fourth-order valence-corrected chi connectivity index (χ4v) is 0.970. The van der Waals surface area contributed by atoms with E-state index in [-0.39, 0.29) is 0 Å². The highest BCUT2D eigenvalue weighted by Crippen LogP contribution is 2.24. The van der Waals surface area contributed by atoms with E-state index in [9.17, 15) is 8.78 Å². The zero-order valence-electron chi connectivity index (χ0n) is 6.11. The van der Waals surface area contributed by atoms with Crippen LogP contribution in [0.5, 0.6) is 0 Å². The van der Waals surface area contributed by atoms with E-state index in [1.165, 1.54) is 12.1 Å². The van der Waals surface area contributed by atoms with Crippen LogP contribution in [0.15, 0.2) is 6.07 Å². The zero-order chi connectivity index (χ0) is 10.0. The maximum atomic E-state index is 12.9. The molecule has 0 saturated carbocycles. The number of halogens is 3. The molecule has 0 aliphatic heterocycles. The zero-order valence-corrected chi connectivity index (χ0v) is 6.86. The van der Waals surface area contributed by atoms with Crippen LogP contribution in [0.4, 0.5) is 8.78 Å². The number of hydrogen-bond donors (Lipinski definition) is 0. The third-order valence-corrected chi connectivity index (χ3v) is 1.72. The van der Waals surface area contributed by atoms with Gasteiger partial charge in [-0.05, 0) is 6.07 Å². The highest BCUT2D eigenvalue weighted by Gasteiger charge is 2.16. The number of nitrogens with zero attached hydrogens (tertiary/aromatic N) is 2. The maximum absolute atomic E-state index is 12.9. The topological polar surface area (TPSA) is 47.6 Å². The van der Waals surface area contributed by atoms with Crippen molar-refractivity contribution in [2.24, 2.45) is 0 Å². The average molecular weight is 199 g/mol. The van der Waals surface area contributed by atoms with Crippen molar-refractivity contribution in [2.75, 3.05) is 0 Å². The molecular weight excluding hydrogens is 198 g/mol. The molecule has 0 heterocycles. The summed E-state index contributed by atoms with van der Waals surface area (Å²) >= 11 is 5.19. The first-order valence-corrected chi connectivity index (χ1v) is 3.47. The van der Waals surface area contributed by atoms with Gasteiger partial charge in [0.05, 0.1) is 11.1 Å². The first kappa shape index (κ1) is 9.44. The lowest BCUT2D eigenvalue weighted by Gasteiger charge is -1.99. The van der Waals surface area contributed by atoms with Crippen molar-refractivity contribution in [3.05, 3.63) is 33.9 Å². The van der Waals surface area contributed by atoms with Gasteiger partial charge in [-0.15, -0.1) is 0 Å². The molecule has 0 bridgehead atoms. The van der Waals surface area contributed by atoms with Gasteiger partial charge in [0.1, 0.15) is 17.2 Å². The summed E-state index contributed by atoms with van der Waals surface area (Å²) in [5, 5.41) is 15.9. The van der Waals surface area contributed by atoms with Crippen molar-refractivity contribution in [2.45, 2.75) is 0 Å². The van der Waals surface area contributed by atoms with E-state index in [0.29, 0.717) is 0 Å². The Labute approximate surface area is 77.6 Å². The first-order chi connectivity index (χ1) is 6.11. The van der Waals surface area contributed by atoms with E-state index in [1.54, 1.807) is 0 Å². The molecule has 2 nitrogen and oxygen atoms in total. The van der Waals surface area contributed by atoms with Gasteiger partial charge in [0, 0.05) is 0 Å². The molecule has 1 rings (SSSR count). The van der Waals surface area contributed by atoms with E-state index in [4.69, 9.17) is 22.1 Å². The molecule has 5 heteroatoms. The van der Waals surface area contributed by atoms with Crippen LogP contribution in [0.3, 0.4) is 0 Å². The predicted octanol–water partition coefficient (Wildman–Crippen LogP) is 2.36. The molecule has 0 atom stereocenters. The molecule has 1 aromatic carbocycles. The smallest absolute Gasteiger partial charge is 0.162 e. The van der Waals surface area contributed by atoms with Gasteiger partial charge in [-0.1, -0.05) is 11.6 Å².